The Morgan fingerprint density at radius 3 is 2.55 bits per heavy atom. The van der Waals surface area contributed by atoms with E-state index >= 15 is 0 Å². The van der Waals surface area contributed by atoms with Gasteiger partial charge >= 0.3 is 5.97 Å². The number of anilines is 1. The second kappa shape index (κ2) is 8.91. The summed E-state index contributed by atoms with van der Waals surface area (Å²) in [6.07, 6.45) is 0. The van der Waals surface area contributed by atoms with Crippen molar-refractivity contribution in [3.8, 4) is 0 Å². The lowest BCUT2D eigenvalue weighted by atomic mass is 10.1. The number of rotatable bonds is 6. The van der Waals surface area contributed by atoms with Crippen molar-refractivity contribution in [3.05, 3.63) is 81.9 Å². The van der Waals surface area contributed by atoms with E-state index in [0.717, 1.165) is 35.1 Å². The maximum absolute atomic E-state index is 14.2. The van der Waals surface area contributed by atoms with Gasteiger partial charge in [-0.2, -0.15) is 0 Å². The summed E-state index contributed by atoms with van der Waals surface area (Å²) in [4.78, 5) is 31.0. The van der Waals surface area contributed by atoms with E-state index in [4.69, 9.17) is 4.74 Å². The molecule has 0 saturated carbocycles. The molecule has 0 spiro atoms. The lowest BCUT2D eigenvalue weighted by Crippen LogP contribution is -2.31. The van der Waals surface area contributed by atoms with Gasteiger partial charge in [0, 0.05) is 0 Å². The van der Waals surface area contributed by atoms with E-state index in [2.05, 4.69) is 4.98 Å². The largest absolute Gasteiger partial charge is 0.462 e. The molecule has 8 heteroatoms. The van der Waals surface area contributed by atoms with Crippen LogP contribution in [0.3, 0.4) is 0 Å². The first-order chi connectivity index (χ1) is 13.9. The first-order valence-electron chi connectivity index (χ1n) is 8.86. The van der Waals surface area contributed by atoms with Gasteiger partial charge in [-0.15, -0.1) is 0 Å². The van der Waals surface area contributed by atoms with E-state index in [1.54, 1.807) is 38.1 Å². The SMILES string of the molecule is CCOC(=O)c1sc(N(Cc2ccccc2)C(=O)c2cc(F)ccc2F)nc1C. The van der Waals surface area contributed by atoms with Gasteiger partial charge in [0.2, 0.25) is 0 Å². The highest BCUT2D eigenvalue weighted by atomic mass is 32.1. The van der Waals surface area contributed by atoms with Gasteiger partial charge in [-0.25, -0.2) is 18.6 Å². The smallest absolute Gasteiger partial charge is 0.350 e. The lowest BCUT2D eigenvalue weighted by molar-refractivity contribution is 0.0531. The molecule has 3 rings (SSSR count). The zero-order chi connectivity index (χ0) is 21.0. The Balaban J connectivity index is 2.04. The van der Waals surface area contributed by atoms with E-state index in [9.17, 15) is 18.4 Å². The minimum Gasteiger partial charge on any atom is -0.462 e. The zero-order valence-corrected chi connectivity index (χ0v) is 16.6. The Labute approximate surface area is 170 Å². The van der Waals surface area contributed by atoms with Crippen LogP contribution in [0.15, 0.2) is 48.5 Å². The molecule has 0 atom stereocenters. The van der Waals surface area contributed by atoms with Crippen LogP contribution < -0.4 is 4.90 Å². The number of aromatic nitrogens is 1. The second-order valence-corrected chi connectivity index (χ2v) is 7.11. The summed E-state index contributed by atoms with van der Waals surface area (Å²) in [5.74, 6) is -2.86. The number of benzene rings is 2. The lowest BCUT2D eigenvalue weighted by Gasteiger charge is -2.20. The number of nitrogens with zero attached hydrogens (tertiary/aromatic N) is 2. The predicted octanol–water partition coefficient (Wildman–Crippen LogP) is 4.75. The number of esters is 1. The van der Waals surface area contributed by atoms with Crippen molar-refractivity contribution in [1.82, 2.24) is 4.98 Å². The van der Waals surface area contributed by atoms with E-state index in [0.29, 0.717) is 5.69 Å². The van der Waals surface area contributed by atoms with Crippen LogP contribution in [0.1, 0.15) is 38.2 Å². The van der Waals surface area contributed by atoms with Crippen molar-refractivity contribution < 1.29 is 23.1 Å². The fourth-order valence-electron chi connectivity index (χ4n) is 2.68. The van der Waals surface area contributed by atoms with E-state index < -0.39 is 29.1 Å². The van der Waals surface area contributed by atoms with Gasteiger partial charge in [-0.1, -0.05) is 41.7 Å². The summed E-state index contributed by atoms with van der Waals surface area (Å²) >= 11 is 0.971. The molecule has 0 aliphatic carbocycles. The third-order valence-electron chi connectivity index (χ3n) is 4.06. The first kappa shape index (κ1) is 20.6. The first-order valence-corrected chi connectivity index (χ1v) is 9.67. The third kappa shape index (κ3) is 4.65. The number of hydrogen-bond acceptors (Lipinski definition) is 5. The second-order valence-electron chi connectivity index (χ2n) is 6.13. The van der Waals surface area contributed by atoms with Crippen molar-refractivity contribution in [2.24, 2.45) is 0 Å². The fourth-order valence-corrected chi connectivity index (χ4v) is 3.64. The highest BCUT2D eigenvalue weighted by Gasteiger charge is 2.27. The number of thiazole rings is 1. The molecule has 1 heterocycles. The van der Waals surface area contributed by atoms with Crippen molar-refractivity contribution in [2.75, 3.05) is 11.5 Å². The Morgan fingerprint density at radius 1 is 1.14 bits per heavy atom. The predicted molar refractivity (Wildman–Crippen MR) is 106 cm³/mol. The molecule has 0 aliphatic heterocycles. The monoisotopic (exact) mass is 416 g/mol. The fraction of sp³-hybridized carbons (Fsp3) is 0.190. The van der Waals surface area contributed by atoms with Crippen LogP contribution in [0.2, 0.25) is 0 Å². The molecular formula is C21H18F2N2O3S. The van der Waals surface area contributed by atoms with Crippen molar-refractivity contribution in [3.63, 3.8) is 0 Å². The van der Waals surface area contributed by atoms with Crippen LogP contribution in [-0.4, -0.2) is 23.5 Å². The average molecular weight is 416 g/mol. The van der Waals surface area contributed by atoms with Gasteiger partial charge in [-0.05, 0) is 37.6 Å². The van der Waals surface area contributed by atoms with Gasteiger partial charge in [0.15, 0.2) is 5.13 Å². The van der Waals surface area contributed by atoms with Gasteiger partial charge in [0.1, 0.15) is 16.5 Å². The molecule has 150 valence electrons. The third-order valence-corrected chi connectivity index (χ3v) is 5.22. The highest BCUT2D eigenvalue weighted by Crippen LogP contribution is 2.30. The number of aryl methyl sites for hydroxylation is 1. The molecule has 29 heavy (non-hydrogen) atoms. The number of ether oxygens (including phenoxy) is 1. The molecule has 2 aromatic carbocycles. The Kier molecular flexibility index (Phi) is 6.33. The van der Waals surface area contributed by atoms with Crippen molar-refractivity contribution in [1.29, 1.82) is 0 Å². The summed E-state index contributed by atoms with van der Waals surface area (Å²) in [6.45, 7) is 3.59. The maximum atomic E-state index is 14.2. The topological polar surface area (TPSA) is 59.5 Å². The number of halogens is 2. The number of hydrogen-bond donors (Lipinski definition) is 0. The molecule has 0 fully saturated rings. The van der Waals surface area contributed by atoms with Crippen LogP contribution in [0, 0.1) is 18.6 Å². The minimum atomic E-state index is -0.839. The molecule has 1 amide bonds. The molecule has 0 aliphatic rings. The van der Waals surface area contributed by atoms with Gasteiger partial charge < -0.3 is 4.74 Å². The highest BCUT2D eigenvalue weighted by molar-refractivity contribution is 7.17. The standard InChI is InChI=1S/C21H18F2N2O3S/c1-3-28-20(27)18-13(2)24-21(29-18)25(12-14-7-5-4-6-8-14)19(26)16-11-15(22)9-10-17(16)23/h4-11H,3,12H2,1-2H3. The molecule has 3 aromatic rings. The Bertz CT molecular complexity index is 1040. The van der Waals surface area contributed by atoms with Crippen LogP contribution in [0.4, 0.5) is 13.9 Å². The molecule has 0 bridgehead atoms. The molecular weight excluding hydrogens is 398 g/mol. The van der Waals surface area contributed by atoms with Crippen LogP contribution in [0.5, 0.6) is 0 Å². The summed E-state index contributed by atoms with van der Waals surface area (Å²) in [5.41, 5.74) is 0.753. The summed E-state index contributed by atoms with van der Waals surface area (Å²) in [5, 5.41) is 0.197. The van der Waals surface area contributed by atoms with E-state index in [1.165, 1.54) is 4.90 Å². The molecule has 0 saturated heterocycles. The van der Waals surface area contributed by atoms with Gasteiger partial charge in [-0.3, -0.25) is 9.69 Å². The summed E-state index contributed by atoms with van der Waals surface area (Å²) in [6, 6.07) is 11.7. The van der Waals surface area contributed by atoms with E-state index in [1.807, 2.05) is 6.07 Å². The number of amides is 1. The average Bonchev–Trinajstić information content (AvgIpc) is 3.10. The summed E-state index contributed by atoms with van der Waals surface area (Å²) in [7, 11) is 0. The minimum absolute atomic E-state index is 0.0743. The van der Waals surface area contributed by atoms with Crippen LogP contribution >= 0.6 is 11.3 Å². The number of carbonyl (C=O) groups is 2. The van der Waals surface area contributed by atoms with Crippen molar-refractivity contribution in [2.45, 2.75) is 20.4 Å². The Morgan fingerprint density at radius 2 is 1.86 bits per heavy atom. The number of carbonyl (C=O) groups excluding carboxylic acids is 2. The molecule has 0 radical (unpaired) electrons. The molecule has 1 aromatic heterocycles. The normalized spacial score (nSPS) is 10.6. The molecule has 0 N–H and O–H groups in total. The zero-order valence-electron chi connectivity index (χ0n) is 15.8. The van der Waals surface area contributed by atoms with Crippen LogP contribution in [0.25, 0.3) is 0 Å². The summed E-state index contributed by atoms with van der Waals surface area (Å²) < 4.78 is 32.9. The van der Waals surface area contributed by atoms with E-state index in [-0.39, 0.29) is 23.2 Å². The van der Waals surface area contributed by atoms with Gasteiger partial charge in [0.05, 0.1) is 24.4 Å². The molecule has 0 unspecified atom stereocenters. The van der Waals surface area contributed by atoms with Gasteiger partial charge in [0.25, 0.3) is 5.91 Å². The Hall–Kier alpha value is -3.13. The van der Waals surface area contributed by atoms with Crippen molar-refractivity contribution >= 4 is 28.3 Å². The quantitative estimate of drug-likeness (QED) is 0.544. The van der Waals surface area contributed by atoms with Crippen LogP contribution in [-0.2, 0) is 11.3 Å². The molecule has 5 nitrogen and oxygen atoms in total. The maximum Gasteiger partial charge on any atom is 0.350 e.